The molecule has 0 radical (unpaired) electrons. The van der Waals surface area contributed by atoms with Crippen molar-refractivity contribution in [2.45, 2.75) is 34.2 Å². The molecule has 0 spiro atoms. The molecule has 228 valence electrons. The Morgan fingerprint density at radius 2 is 1.69 bits per heavy atom. The van der Waals surface area contributed by atoms with Crippen molar-refractivity contribution >= 4 is 71.5 Å². The predicted molar refractivity (Wildman–Crippen MR) is 155 cm³/mol. The molecule has 0 saturated carbocycles. The number of hydrogen-bond acceptors (Lipinski definition) is 11. The van der Waals surface area contributed by atoms with Crippen LogP contribution in [-0.4, -0.2) is 74.7 Å². The normalized spacial score (nSPS) is 12.0. The second-order valence-electron chi connectivity index (χ2n) is 8.63. The van der Waals surface area contributed by atoms with Gasteiger partial charge in [-0.2, -0.15) is 4.99 Å². The molecular formula is C26H30FN3O9S3. The molecule has 1 N–H and O–H groups in total. The van der Waals surface area contributed by atoms with Crippen LogP contribution in [0.5, 0.6) is 0 Å². The highest BCUT2D eigenvalue weighted by Crippen LogP contribution is 2.34. The average Bonchev–Trinajstić information content (AvgIpc) is 3.39. The molecule has 3 rings (SSSR count). The summed E-state index contributed by atoms with van der Waals surface area (Å²) in [5, 5.41) is 2.26. The molecule has 2 amide bonds. The van der Waals surface area contributed by atoms with Gasteiger partial charge in [0, 0.05) is 13.2 Å². The van der Waals surface area contributed by atoms with Crippen LogP contribution in [0.15, 0.2) is 23.2 Å². The number of ether oxygens (including phenoxy) is 3. The quantitative estimate of drug-likeness (QED) is 0.218. The number of aromatic nitrogens is 1. The van der Waals surface area contributed by atoms with Gasteiger partial charge < -0.3 is 24.1 Å². The first-order chi connectivity index (χ1) is 19.9. The third-order valence-corrected chi connectivity index (χ3v) is 9.18. The lowest BCUT2D eigenvalue weighted by Crippen LogP contribution is -2.28. The van der Waals surface area contributed by atoms with Crippen LogP contribution in [-0.2, 0) is 40.2 Å². The molecule has 16 heteroatoms. The van der Waals surface area contributed by atoms with Crippen LogP contribution >= 0.6 is 22.7 Å². The number of halogens is 1. The smallest absolute Gasteiger partial charge is 0.348 e. The minimum Gasteiger partial charge on any atom is -0.462 e. The van der Waals surface area contributed by atoms with Crippen LogP contribution < -0.4 is 10.1 Å². The number of thiophene rings is 1. The molecule has 0 atom stereocenters. The van der Waals surface area contributed by atoms with Crippen molar-refractivity contribution < 1.29 is 46.2 Å². The molecule has 1 aromatic carbocycles. The number of thiazole rings is 1. The number of anilines is 1. The van der Waals surface area contributed by atoms with Gasteiger partial charge in [-0.25, -0.2) is 22.4 Å². The van der Waals surface area contributed by atoms with Crippen LogP contribution in [0.4, 0.5) is 9.39 Å². The maximum absolute atomic E-state index is 13.8. The predicted octanol–water partition coefficient (Wildman–Crippen LogP) is 3.08. The summed E-state index contributed by atoms with van der Waals surface area (Å²) in [6.45, 7) is 7.62. The van der Waals surface area contributed by atoms with E-state index in [0.29, 0.717) is 16.8 Å². The van der Waals surface area contributed by atoms with E-state index >= 15 is 0 Å². The third kappa shape index (κ3) is 8.30. The first-order valence-corrected chi connectivity index (χ1v) is 16.3. The standard InChI is InChI=1S/C26H30FN3O9S3/c1-5-37-11-10-30-17-9-8-16(27)12-18(17)40-26(30)29-20(32)14-42(35,36)13-19(31)28-23-21(24(33)38-6-2)15(4)22(41-23)25(34)39-7-3/h8-9,12H,5-7,10-11,13-14H2,1-4H3,(H,28,31). The van der Waals surface area contributed by atoms with Gasteiger partial charge in [-0.05, 0) is 51.5 Å². The average molecular weight is 644 g/mol. The number of fused-ring (bicyclic) bond motifs is 1. The molecule has 0 unspecified atom stereocenters. The van der Waals surface area contributed by atoms with Crippen molar-refractivity contribution in [3.63, 3.8) is 0 Å². The molecular weight excluding hydrogens is 613 g/mol. The van der Waals surface area contributed by atoms with Gasteiger partial charge in [-0.3, -0.25) is 9.59 Å². The number of rotatable bonds is 13. The summed E-state index contributed by atoms with van der Waals surface area (Å²) in [4.78, 5) is 54.4. The van der Waals surface area contributed by atoms with Crippen LogP contribution in [0.3, 0.4) is 0 Å². The molecule has 2 aromatic heterocycles. The number of sulfone groups is 1. The first-order valence-electron chi connectivity index (χ1n) is 12.8. The lowest BCUT2D eigenvalue weighted by atomic mass is 10.1. The van der Waals surface area contributed by atoms with Crippen molar-refractivity contribution in [3.8, 4) is 0 Å². The number of esters is 2. The molecule has 0 fully saturated rings. The number of nitrogens with zero attached hydrogens (tertiary/aromatic N) is 2. The summed E-state index contributed by atoms with van der Waals surface area (Å²) in [6, 6.07) is 4.08. The molecule has 2 heterocycles. The van der Waals surface area contributed by atoms with E-state index in [9.17, 15) is 32.0 Å². The zero-order valence-corrected chi connectivity index (χ0v) is 25.8. The van der Waals surface area contributed by atoms with E-state index < -0.39 is 50.9 Å². The van der Waals surface area contributed by atoms with E-state index in [4.69, 9.17) is 14.2 Å². The fraction of sp³-hybridized carbons (Fsp3) is 0.423. The Morgan fingerprint density at radius 3 is 2.36 bits per heavy atom. The summed E-state index contributed by atoms with van der Waals surface area (Å²) in [7, 11) is -4.31. The summed E-state index contributed by atoms with van der Waals surface area (Å²) < 4.78 is 56.8. The monoisotopic (exact) mass is 643 g/mol. The Labute approximate surface area is 249 Å². The SMILES string of the molecule is CCOCCn1c(=NC(=O)CS(=O)(=O)CC(=O)Nc2sc(C(=O)OCC)c(C)c2C(=O)OCC)sc2cc(F)ccc21. The summed E-state index contributed by atoms with van der Waals surface area (Å²) >= 11 is 1.75. The maximum Gasteiger partial charge on any atom is 0.348 e. The minimum absolute atomic E-state index is 0.0244. The topological polar surface area (TPSA) is 159 Å². The Kier molecular flexibility index (Phi) is 11.5. The molecule has 0 bridgehead atoms. The third-order valence-electron chi connectivity index (χ3n) is 5.56. The Morgan fingerprint density at radius 1 is 1.00 bits per heavy atom. The lowest BCUT2D eigenvalue weighted by molar-refractivity contribution is -0.115. The second kappa shape index (κ2) is 14.6. The van der Waals surface area contributed by atoms with Gasteiger partial charge in [0.05, 0.1) is 35.6 Å². The van der Waals surface area contributed by atoms with Gasteiger partial charge in [-0.15, -0.1) is 11.3 Å². The molecule has 0 aliphatic heterocycles. The van der Waals surface area contributed by atoms with Gasteiger partial charge >= 0.3 is 11.9 Å². The fourth-order valence-corrected chi connectivity index (χ4v) is 7.05. The summed E-state index contributed by atoms with van der Waals surface area (Å²) in [5.74, 6) is -6.23. The largest absolute Gasteiger partial charge is 0.462 e. The number of nitrogens with one attached hydrogen (secondary N) is 1. The first kappa shape index (κ1) is 33.0. The molecule has 0 aliphatic carbocycles. The van der Waals surface area contributed by atoms with Crippen LogP contribution in [0.2, 0.25) is 0 Å². The van der Waals surface area contributed by atoms with E-state index in [1.165, 1.54) is 25.1 Å². The number of carbonyl (C=O) groups is 4. The zero-order chi connectivity index (χ0) is 31.0. The van der Waals surface area contributed by atoms with Gasteiger partial charge in [-0.1, -0.05) is 11.3 Å². The van der Waals surface area contributed by atoms with Gasteiger partial charge in [0.25, 0.3) is 5.91 Å². The summed E-state index contributed by atoms with van der Waals surface area (Å²) in [6.07, 6.45) is 0. The Balaban J connectivity index is 1.81. The van der Waals surface area contributed by atoms with Crippen molar-refractivity contribution in [1.29, 1.82) is 0 Å². The molecule has 42 heavy (non-hydrogen) atoms. The molecule has 3 aromatic rings. The van der Waals surface area contributed by atoms with E-state index in [1.54, 1.807) is 18.4 Å². The van der Waals surface area contributed by atoms with Crippen molar-refractivity contribution in [3.05, 3.63) is 44.8 Å². The van der Waals surface area contributed by atoms with Crippen LogP contribution in [0.1, 0.15) is 46.4 Å². The molecule has 0 aliphatic rings. The zero-order valence-electron chi connectivity index (χ0n) is 23.4. The van der Waals surface area contributed by atoms with E-state index in [2.05, 4.69) is 10.3 Å². The van der Waals surface area contributed by atoms with Crippen molar-refractivity contribution in [1.82, 2.24) is 4.57 Å². The highest BCUT2D eigenvalue weighted by molar-refractivity contribution is 7.92. The minimum atomic E-state index is -4.31. The fourth-order valence-electron chi connectivity index (χ4n) is 3.83. The van der Waals surface area contributed by atoms with Crippen molar-refractivity contribution in [2.75, 3.05) is 43.3 Å². The van der Waals surface area contributed by atoms with Crippen LogP contribution in [0.25, 0.3) is 10.2 Å². The van der Waals surface area contributed by atoms with Gasteiger partial charge in [0.15, 0.2) is 14.6 Å². The Hall–Kier alpha value is -3.47. The lowest BCUT2D eigenvalue weighted by Gasteiger charge is -2.07. The van der Waals surface area contributed by atoms with E-state index in [1.807, 2.05) is 6.92 Å². The number of amides is 2. The van der Waals surface area contributed by atoms with E-state index in [0.717, 1.165) is 22.7 Å². The highest BCUT2D eigenvalue weighted by atomic mass is 32.2. The van der Waals surface area contributed by atoms with Crippen LogP contribution in [0, 0.1) is 12.7 Å². The number of benzene rings is 1. The highest BCUT2D eigenvalue weighted by Gasteiger charge is 2.29. The van der Waals surface area contributed by atoms with E-state index in [-0.39, 0.29) is 52.2 Å². The van der Waals surface area contributed by atoms with Gasteiger partial charge in [0.1, 0.15) is 27.2 Å². The Bertz CT molecular complexity index is 1670. The molecule has 12 nitrogen and oxygen atoms in total. The summed E-state index contributed by atoms with van der Waals surface area (Å²) in [5.41, 5.74) is 0.713. The maximum atomic E-state index is 13.8. The van der Waals surface area contributed by atoms with Crippen molar-refractivity contribution in [2.24, 2.45) is 4.99 Å². The number of carbonyl (C=O) groups excluding carboxylic acids is 4. The van der Waals surface area contributed by atoms with Gasteiger partial charge in [0.2, 0.25) is 5.91 Å². The second-order valence-corrected chi connectivity index (χ2v) is 12.7. The molecule has 0 saturated heterocycles. The number of hydrogen-bond donors (Lipinski definition) is 1.